The number of nitrogens with one attached hydrogen (secondary N) is 2. The highest BCUT2D eigenvalue weighted by Gasteiger charge is 2.07. The summed E-state index contributed by atoms with van der Waals surface area (Å²) in [4.78, 5) is 6.53. The number of hydrogen-bond donors (Lipinski definition) is 2. The molecule has 0 saturated carbocycles. The second-order valence-corrected chi connectivity index (χ2v) is 7.38. The van der Waals surface area contributed by atoms with Crippen LogP contribution in [0.2, 0.25) is 0 Å². The number of hydrogen-bond acceptors (Lipinski definition) is 4. The van der Waals surface area contributed by atoms with Crippen molar-refractivity contribution in [3.8, 4) is 11.5 Å². The molecule has 2 N–H and O–H groups in total. The number of methoxy groups -OCH3 is 1. The van der Waals surface area contributed by atoms with E-state index in [1.165, 1.54) is 16.7 Å². The van der Waals surface area contributed by atoms with Crippen LogP contribution >= 0.6 is 0 Å². The van der Waals surface area contributed by atoms with E-state index in [1.54, 1.807) is 14.2 Å². The molecule has 6 nitrogen and oxygen atoms in total. The van der Waals surface area contributed by atoms with Gasteiger partial charge in [-0.1, -0.05) is 30.3 Å². The molecule has 0 atom stereocenters. The second kappa shape index (κ2) is 12.8. The summed E-state index contributed by atoms with van der Waals surface area (Å²) in [6, 6.07) is 14.6. The molecule has 0 amide bonds. The summed E-state index contributed by atoms with van der Waals surface area (Å²) in [5.41, 5.74) is 3.85. The molecular weight excluding hydrogens is 376 g/mol. The maximum Gasteiger partial charge on any atom is 0.191 e. The minimum Gasteiger partial charge on any atom is -0.493 e. The fourth-order valence-electron chi connectivity index (χ4n) is 3.27. The first-order valence-electron chi connectivity index (χ1n) is 10.5. The summed E-state index contributed by atoms with van der Waals surface area (Å²) in [5, 5.41) is 6.83. The van der Waals surface area contributed by atoms with Gasteiger partial charge >= 0.3 is 0 Å². The molecule has 0 unspecified atom stereocenters. The van der Waals surface area contributed by atoms with E-state index in [1.807, 2.05) is 13.0 Å². The van der Waals surface area contributed by atoms with Gasteiger partial charge in [0, 0.05) is 26.7 Å². The van der Waals surface area contributed by atoms with Crippen LogP contribution in [0.25, 0.3) is 0 Å². The third-order valence-corrected chi connectivity index (χ3v) is 4.74. The van der Waals surface area contributed by atoms with Crippen LogP contribution in [0.4, 0.5) is 0 Å². The molecule has 0 aliphatic heterocycles. The first-order valence-corrected chi connectivity index (χ1v) is 10.5. The summed E-state index contributed by atoms with van der Waals surface area (Å²) in [7, 11) is 7.65. The zero-order valence-electron chi connectivity index (χ0n) is 19.0. The largest absolute Gasteiger partial charge is 0.493 e. The summed E-state index contributed by atoms with van der Waals surface area (Å²) >= 11 is 0. The lowest BCUT2D eigenvalue weighted by Gasteiger charge is -2.16. The Balaban J connectivity index is 1.81. The van der Waals surface area contributed by atoms with Gasteiger partial charge in [0.15, 0.2) is 17.5 Å². The molecule has 0 fully saturated rings. The lowest BCUT2D eigenvalue weighted by atomic mass is 10.1. The van der Waals surface area contributed by atoms with Gasteiger partial charge in [-0.15, -0.1) is 0 Å². The average Bonchev–Trinajstić information content (AvgIpc) is 2.74. The van der Waals surface area contributed by atoms with E-state index < -0.39 is 0 Å². The lowest BCUT2D eigenvalue weighted by Crippen LogP contribution is -2.37. The van der Waals surface area contributed by atoms with Crippen LogP contribution in [0, 0.1) is 0 Å². The van der Waals surface area contributed by atoms with Crippen LogP contribution < -0.4 is 20.1 Å². The summed E-state index contributed by atoms with van der Waals surface area (Å²) in [5.74, 6) is 2.40. The number of rotatable bonds is 11. The predicted molar refractivity (Wildman–Crippen MR) is 125 cm³/mol. The summed E-state index contributed by atoms with van der Waals surface area (Å²) in [6.45, 7) is 5.12. The van der Waals surface area contributed by atoms with Crippen molar-refractivity contribution < 1.29 is 9.47 Å². The molecule has 0 aliphatic carbocycles. The van der Waals surface area contributed by atoms with Gasteiger partial charge in [-0.05, 0) is 62.7 Å². The van der Waals surface area contributed by atoms with Crippen LogP contribution in [0.3, 0.4) is 0 Å². The van der Waals surface area contributed by atoms with Gasteiger partial charge < -0.3 is 25.0 Å². The van der Waals surface area contributed by atoms with E-state index in [9.17, 15) is 0 Å². The molecule has 164 valence electrons. The Morgan fingerprint density at radius 2 is 1.80 bits per heavy atom. The van der Waals surface area contributed by atoms with Crippen molar-refractivity contribution in [2.45, 2.75) is 32.9 Å². The standard InChI is InChI=1S/C24H36N4O2/c1-6-30-23-16-19(13-14-22(23)29-5)10-9-15-26-24(25-2)27-17-20-11-7-8-12-21(20)18-28(3)4/h7-8,11-14,16H,6,9-10,15,17-18H2,1-5H3,(H2,25,26,27). The first kappa shape index (κ1) is 23.5. The van der Waals surface area contributed by atoms with Gasteiger partial charge in [-0.25, -0.2) is 0 Å². The van der Waals surface area contributed by atoms with Crippen molar-refractivity contribution >= 4 is 5.96 Å². The Morgan fingerprint density at radius 1 is 1.03 bits per heavy atom. The van der Waals surface area contributed by atoms with Crippen molar-refractivity contribution in [2.75, 3.05) is 41.4 Å². The number of aliphatic imine (C=N–C) groups is 1. The Morgan fingerprint density at radius 3 is 2.47 bits per heavy atom. The SMILES string of the molecule is CCOc1cc(CCCNC(=NC)NCc2ccccc2CN(C)C)ccc1OC. The molecule has 0 spiro atoms. The Bertz CT molecular complexity index is 806. The van der Waals surface area contributed by atoms with Crippen molar-refractivity contribution in [1.82, 2.24) is 15.5 Å². The van der Waals surface area contributed by atoms with Crippen molar-refractivity contribution in [1.29, 1.82) is 0 Å². The molecular formula is C24H36N4O2. The van der Waals surface area contributed by atoms with Crippen LogP contribution in [0.5, 0.6) is 11.5 Å². The predicted octanol–water partition coefficient (Wildman–Crippen LogP) is 3.45. The van der Waals surface area contributed by atoms with Crippen LogP contribution in [0.15, 0.2) is 47.5 Å². The smallest absolute Gasteiger partial charge is 0.191 e. The molecule has 2 aromatic rings. The number of benzene rings is 2. The van der Waals surface area contributed by atoms with Crippen LogP contribution in [-0.4, -0.2) is 52.3 Å². The van der Waals surface area contributed by atoms with Crippen LogP contribution in [-0.2, 0) is 19.5 Å². The Hall–Kier alpha value is -2.73. The zero-order valence-corrected chi connectivity index (χ0v) is 19.0. The number of guanidine groups is 1. The fraction of sp³-hybridized carbons (Fsp3) is 0.458. The average molecular weight is 413 g/mol. The van der Waals surface area contributed by atoms with Gasteiger partial charge in [0.05, 0.1) is 13.7 Å². The van der Waals surface area contributed by atoms with Crippen LogP contribution in [0.1, 0.15) is 30.0 Å². The topological polar surface area (TPSA) is 58.1 Å². The highest BCUT2D eigenvalue weighted by Crippen LogP contribution is 2.28. The quantitative estimate of drug-likeness (QED) is 0.336. The molecule has 0 aliphatic rings. The highest BCUT2D eigenvalue weighted by atomic mass is 16.5. The van der Waals surface area contributed by atoms with Gasteiger partial charge in [-0.2, -0.15) is 0 Å². The maximum absolute atomic E-state index is 5.67. The highest BCUT2D eigenvalue weighted by molar-refractivity contribution is 5.79. The van der Waals surface area contributed by atoms with Gasteiger partial charge in [0.1, 0.15) is 0 Å². The monoisotopic (exact) mass is 412 g/mol. The molecule has 30 heavy (non-hydrogen) atoms. The van der Waals surface area contributed by atoms with Gasteiger partial charge in [0.2, 0.25) is 0 Å². The molecule has 0 aromatic heterocycles. The van der Waals surface area contributed by atoms with E-state index in [4.69, 9.17) is 9.47 Å². The van der Waals surface area contributed by atoms with Crippen molar-refractivity contribution in [3.05, 3.63) is 59.2 Å². The number of ether oxygens (including phenoxy) is 2. The molecule has 2 rings (SSSR count). The van der Waals surface area contributed by atoms with E-state index in [0.29, 0.717) is 6.61 Å². The first-order chi connectivity index (χ1) is 14.6. The van der Waals surface area contributed by atoms with Crippen molar-refractivity contribution in [2.24, 2.45) is 4.99 Å². The minimum absolute atomic E-state index is 0.626. The fourth-order valence-corrected chi connectivity index (χ4v) is 3.27. The van der Waals surface area contributed by atoms with E-state index in [0.717, 1.165) is 49.9 Å². The Labute approximate surface area is 181 Å². The second-order valence-electron chi connectivity index (χ2n) is 7.38. The lowest BCUT2D eigenvalue weighted by molar-refractivity contribution is 0.310. The van der Waals surface area contributed by atoms with Gasteiger partial charge in [0.25, 0.3) is 0 Å². The molecule has 0 heterocycles. The minimum atomic E-state index is 0.626. The van der Waals surface area contributed by atoms with E-state index >= 15 is 0 Å². The Kier molecular flexibility index (Phi) is 10.0. The normalized spacial score (nSPS) is 11.5. The molecule has 6 heteroatoms. The third-order valence-electron chi connectivity index (χ3n) is 4.74. The summed E-state index contributed by atoms with van der Waals surface area (Å²) in [6.07, 6.45) is 1.95. The molecule has 0 radical (unpaired) electrons. The molecule has 0 bridgehead atoms. The zero-order chi connectivity index (χ0) is 21.8. The molecule has 2 aromatic carbocycles. The number of aryl methyl sites for hydroxylation is 1. The molecule has 0 saturated heterocycles. The third kappa shape index (κ3) is 7.59. The summed E-state index contributed by atoms with van der Waals surface area (Å²) < 4.78 is 11.0. The van der Waals surface area contributed by atoms with E-state index in [-0.39, 0.29) is 0 Å². The van der Waals surface area contributed by atoms with E-state index in [2.05, 4.69) is 71.0 Å². The van der Waals surface area contributed by atoms with Gasteiger partial charge in [-0.3, -0.25) is 4.99 Å². The van der Waals surface area contributed by atoms with Crippen molar-refractivity contribution in [3.63, 3.8) is 0 Å². The number of nitrogens with zero attached hydrogens (tertiary/aromatic N) is 2. The maximum atomic E-state index is 5.67.